The highest BCUT2D eigenvalue weighted by Gasteiger charge is 2.31. The van der Waals surface area contributed by atoms with Crippen LogP contribution in [0.3, 0.4) is 0 Å². The number of rotatable bonds is 5. The summed E-state index contributed by atoms with van der Waals surface area (Å²) in [6.45, 7) is 0.439. The van der Waals surface area contributed by atoms with Gasteiger partial charge < -0.3 is 9.67 Å². The quantitative estimate of drug-likeness (QED) is 0.672. The van der Waals surface area contributed by atoms with Gasteiger partial charge in [0.15, 0.2) is 0 Å². The molecule has 1 aromatic carbocycles. The summed E-state index contributed by atoms with van der Waals surface area (Å²) in [7, 11) is 0. The predicted octanol–water partition coefficient (Wildman–Crippen LogP) is 2.89. The van der Waals surface area contributed by atoms with Crippen LogP contribution < -0.4 is 0 Å². The van der Waals surface area contributed by atoms with E-state index in [-0.39, 0.29) is 10.6 Å². The van der Waals surface area contributed by atoms with Gasteiger partial charge in [0.05, 0.1) is 17.6 Å². The van der Waals surface area contributed by atoms with Crippen molar-refractivity contribution in [2.45, 2.75) is 25.5 Å². The Balaban J connectivity index is 1.79. The molecule has 0 aliphatic heterocycles. The summed E-state index contributed by atoms with van der Waals surface area (Å²) in [6, 6.07) is 8.62. The first kappa shape index (κ1) is 12.9. The fourth-order valence-corrected chi connectivity index (χ4v) is 2.44. The van der Waals surface area contributed by atoms with Crippen molar-refractivity contribution in [1.29, 1.82) is 0 Å². The van der Waals surface area contributed by atoms with E-state index in [0.29, 0.717) is 18.0 Å². The third-order valence-corrected chi connectivity index (χ3v) is 3.72. The lowest BCUT2D eigenvalue weighted by atomic mass is 10.1. The van der Waals surface area contributed by atoms with Crippen LogP contribution in [0.5, 0.6) is 0 Å². The minimum atomic E-state index is -0.401. The van der Waals surface area contributed by atoms with E-state index in [1.807, 2.05) is 23.0 Å². The van der Waals surface area contributed by atoms with Gasteiger partial charge in [-0.15, -0.1) is 0 Å². The smallest absolute Gasteiger partial charge is 0.274 e. The average Bonchev–Trinajstić information content (AvgIpc) is 3.19. The number of hydrogen-bond acceptors (Lipinski definition) is 3. The number of benzene rings is 1. The number of aliphatic hydroxyl groups is 1. The van der Waals surface area contributed by atoms with Gasteiger partial charge in [-0.25, -0.2) is 0 Å². The van der Waals surface area contributed by atoms with Gasteiger partial charge in [0.2, 0.25) is 0 Å². The lowest BCUT2D eigenvalue weighted by Crippen LogP contribution is -2.02. The summed E-state index contributed by atoms with van der Waals surface area (Å²) < 4.78 is 1.88. The molecule has 1 unspecified atom stereocenters. The highest BCUT2D eigenvalue weighted by Crippen LogP contribution is 2.40. The molecule has 0 radical (unpaired) electrons. The van der Waals surface area contributed by atoms with Gasteiger partial charge in [0, 0.05) is 24.0 Å². The van der Waals surface area contributed by atoms with Gasteiger partial charge in [0.25, 0.3) is 5.69 Å². The topological polar surface area (TPSA) is 68.3 Å². The van der Waals surface area contributed by atoms with Gasteiger partial charge in [-0.1, -0.05) is 18.2 Å². The van der Waals surface area contributed by atoms with E-state index in [2.05, 4.69) is 0 Å². The minimum absolute atomic E-state index is 0.130. The molecule has 1 heterocycles. The zero-order chi connectivity index (χ0) is 14.1. The second-order valence-corrected chi connectivity index (χ2v) is 5.29. The molecule has 1 aliphatic carbocycles. The summed E-state index contributed by atoms with van der Waals surface area (Å²) >= 11 is 0. The van der Waals surface area contributed by atoms with Crippen molar-refractivity contribution in [2.24, 2.45) is 5.92 Å². The first-order valence-corrected chi connectivity index (χ1v) is 6.71. The van der Waals surface area contributed by atoms with Crippen LogP contribution in [0.25, 0.3) is 0 Å². The molecule has 1 saturated carbocycles. The second-order valence-electron chi connectivity index (χ2n) is 5.29. The standard InChI is InChI=1S/C15H16N2O3/c18-15(11-5-6-11)13-7-8-16(10-13)9-12-3-1-2-4-14(12)17(19)20/h1-4,7-8,10-11,15,18H,5-6,9H2. The summed E-state index contributed by atoms with van der Waals surface area (Å²) in [5, 5.41) is 21.0. The number of nitro benzene ring substituents is 1. The lowest BCUT2D eigenvalue weighted by Gasteiger charge is -2.07. The van der Waals surface area contributed by atoms with Crippen LogP contribution in [0.4, 0.5) is 5.69 Å². The molecule has 1 N–H and O–H groups in total. The van der Waals surface area contributed by atoms with E-state index in [0.717, 1.165) is 18.4 Å². The van der Waals surface area contributed by atoms with Gasteiger partial charge in [-0.3, -0.25) is 10.1 Å². The maximum Gasteiger partial charge on any atom is 0.274 e. The van der Waals surface area contributed by atoms with Gasteiger partial charge in [0.1, 0.15) is 0 Å². The third-order valence-electron chi connectivity index (χ3n) is 3.72. The van der Waals surface area contributed by atoms with Crippen molar-refractivity contribution in [1.82, 2.24) is 4.57 Å². The highest BCUT2D eigenvalue weighted by atomic mass is 16.6. The first-order valence-electron chi connectivity index (χ1n) is 6.71. The molecule has 1 atom stereocenters. The van der Waals surface area contributed by atoms with Crippen molar-refractivity contribution in [3.8, 4) is 0 Å². The molecule has 3 rings (SSSR count). The number of nitro groups is 1. The Morgan fingerprint density at radius 3 is 2.80 bits per heavy atom. The highest BCUT2D eigenvalue weighted by molar-refractivity contribution is 5.40. The largest absolute Gasteiger partial charge is 0.388 e. The lowest BCUT2D eigenvalue weighted by molar-refractivity contribution is -0.385. The Hall–Kier alpha value is -2.14. The first-order chi connectivity index (χ1) is 9.65. The van der Waals surface area contributed by atoms with E-state index in [4.69, 9.17) is 0 Å². The Morgan fingerprint density at radius 2 is 2.10 bits per heavy atom. The zero-order valence-electron chi connectivity index (χ0n) is 11.0. The fraction of sp³-hybridized carbons (Fsp3) is 0.333. The number of aliphatic hydroxyl groups excluding tert-OH is 1. The normalized spacial score (nSPS) is 16.1. The van der Waals surface area contributed by atoms with Crippen LogP contribution in [0.1, 0.15) is 30.1 Å². The van der Waals surface area contributed by atoms with E-state index in [9.17, 15) is 15.2 Å². The molecule has 2 aromatic rings. The summed E-state index contributed by atoms with van der Waals surface area (Å²) in [5.74, 6) is 0.386. The molecule has 1 aromatic heterocycles. The minimum Gasteiger partial charge on any atom is -0.388 e. The van der Waals surface area contributed by atoms with Gasteiger partial charge in [-0.2, -0.15) is 0 Å². The van der Waals surface area contributed by atoms with Crippen molar-refractivity contribution < 1.29 is 10.0 Å². The summed E-state index contributed by atoms with van der Waals surface area (Å²) in [5.41, 5.74) is 1.69. The van der Waals surface area contributed by atoms with Crippen LogP contribution in [0.15, 0.2) is 42.7 Å². The monoisotopic (exact) mass is 272 g/mol. The van der Waals surface area contributed by atoms with Crippen LogP contribution in [-0.2, 0) is 6.54 Å². The molecule has 1 aliphatic rings. The molecule has 0 spiro atoms. The maximum atomic E-state index is 11.0. The molecular formula is C15H16N2O3. The van der Waals surface area contributed by atoms with E-state index >= 15 is 0 Å². The van der Waals surface area contributed by atoms with Crippen molar-refractivity contribution >= 4 is 5.69 Å². The molecule has 0 amide bonds. The summed E-state index contributed by atoms with van der Waals surface area (Å²) in [4.78, 5) is 10.6. The van der Waals surface area contributed by atoms with E-state index in [1.165, 1.54) is 6.07 Å². The Kier molecular flexibility index (Phi) is 3.28. The van der Waals surface area contributed by atoms with Crippen molar-refractivity contribution in [2.75, 3.05) is 0 Å². The van der Waals surface area contributed by atoms with E-state index in [1.54, 1.807) is 18.2 Å². The van der Waals surface area contributed by atoms with Gasteiger partial charge >= 0.3 is 0 Å². The van der Waals surface area contributed by atoms with Crippen LogP contribution in [-0.4, -0.2) is 14.6 Å². The molecular weight excluding hydrogens is 256 g/mol. The van der Waals surface area contributed by atoms with Crippen LogP contribution >= 0.6 is 0 Å². The second kappa shape index (κ2) is 5.09. The predicted molar refractivity (Wildman–Crippen MR) is 74.3 cm³/mol. The average molecular weight is 272 g/mol. The number of para-hydroxylation sites is 1. The van der Waals surface area contributed by atoms with Crippen molar-refractivity contribution in [3.05, 3.63) is 64.0 Å². The van der Waals surface area contributed by atoms with E-state index < -0.39 is 6.10 Å². The van der Waals surface area contributed by atoms with Crippen molar-refractivity contribution in [3.63, 3.8) is 0 Å². The van der Waals surface area contributed by atoms with Crippen LogP contribution in [0.2, 0.25) is 0 Å². The Labute approximate surface area is 116 Å². The SMILES string of the molecule is O=[N+]([O-])c1ccccc1Cn1ccc(C(O)C2CC2)c1. The molecule has 5 heteroatoms. The molecule has 104 valence electrons. The summed E-state index contributed by atoms with van der Waals surface area (Å²) in [6.07, 6.45) is 5.49. The zero-order valence-corrected chi connectivity index (χ0v) is 11.0. The van der Waals surface area contributed by atoms with Gasteiger partial charge in [-0.05, 0) is 30.4 Å². The molecule has 0 saturated heterocycles. The molecule has 0 bridgehead atoms. The Morgan fingerprint density at radius 1 is 1.35 bits per heavy atom. The maximum absolute atomic E-state index is 11.0. The third kappa shape index (κ3) is 2.58. The molecule has 20 heavy (non-hydrogen) atoms. The molecule has 1 fully saturated rings. The fourth-order valence-electron chi connectivity index (χ4n) is 2.44. The number of nitrogens with zero attached hydrogens (tertiary/aromatic N) is 2. The Bertz CT molecular complexity index is 632. The number of hydrogen-bond donors (Lipinski definition) is 1. The molecule has 5 nitrogen and oxygen atoms in total. The number of aromatic nitrogens is 1. The van der Waals surface area contributed by atoms with Crippen LogP contribution in [0, 0.1) is 16.0 Å².